The molecule has 0 aliphatic rings. The first-order valence-electron chi connectivity index (χ1n) is 4.69. The fourth-order valence-electron chi connectivity index (χ4n) is 1.21. The minimum Gasteiger partial charge on any atom is -0.393 e. The molecule has 0 saturated heterocycles. The molecule has 0 unspecified atom stereocenters. The van der Waals surface area contributed by atoms with E-state index < -0.39 is 38.2 Å². The Balaban J connectivity index is 3.08. The zero-order chi connectivity index (χ0) is 12.3. The maximum absolute atomic E-state index is 13.2. The van der Waals surface area contributed by atoms with E-state index in [1.54, 1.807) is 0 Å². The molecule has 0 aromatic heterocycles. The number of sulfone groups is 1. The maximum atomic E-state index is 13.2. The third-order valence-electron chi connectivity index (χ3n) is 2.03. The van der Waals surface area contributed by atoms with Crippen LogP contribution in [0.25, 0.3) is 0 Å². The number of aliphatic hydroxyl groups is 1. The van der Waals surface area contributed by atoms with Crippen LogP contribution >= 0.6 is 0 Å². The number of benzene rings is 1. The van der Waals surface area contributed by atoms with Gasteiger partial charge in [0.25, 0.3) is 0 Å². The van der Waals surface area contributed by atoms with Crippen LogP contribution in [0.4, 0.5) is 8.78 Å². The Bertz CT molecular complexity index is 449. The lowest BCUT2D eigenvalue weighted by molar-refractivity contribution is 0.191. The van der Waals surface area contributed by atoms with Gasteiger partial charge in [-0.25, -0.2) is 17.2 Å². The van der Waals surface area contributed by atoms with Crippen LogP contribution in [0.15, 0.2) is 23.1 Å². The molecule has 90 valence electrons. The number of hydrogen-bond acceptors (Lipinski definition) is 3. The Kier molecular flexibility index (Phi) is 3.98. The van der Waals surface area contributed by atoms with Crippen LogP contribution in [0.3, 0.4) is 0 Å². The third kappa shape index (κ3) is 2.99. The first kappa shape index (κ1) is 13.1. The summed E-state index contributed by atoms with van der Waals surface area (Å²) < 4.78 is 49.6. The molecule has 0 heterocycles. The third-order valence-corrected chi connectivity index (χ3v) is 3.82. The highest BCUT2D eigenvalue weighted by molar-refractivity contribution is 7.91. The van der Waals surface area contributed by atoms with Crippen LogP contribution in [0.1, 0.15) is 13.3 Å². The smallest absolute Gasteiger partial charge is 0.184 e. The maximum Gasteiger partial charge on any atom is 0.184 e. The summed E-state index contributed by atoms with van der Waals surface area (Å²) in [5.74, 6) is -2.70. The summed E-state index contributed by atoms with van der Waals surface area (Å²) in [7, 11) is -4.03. The van der Waals surface area contributed by atoms with Gasteiger partial charge in [-0.05, 0) is 25.5 Å². The molecule has 0 radical (unpaired) electrons. The van der Waals surface area contributed by atoms with Gasteiger partial charge in [0, 0.05) is 0 Å². The van der Waals surface area contributed by atoms with Gasteiger partial charge >= 0.3 is 0 Å². The van der Waals surface area contributed by atoms with Crippen molar-refractivity contribution in [3.8, 4) is 0 Å². The molecule has 0 aliphatic carbocycles. The van der Waals surface area contributed by atoms with Crippen molar-refractivity contribution in [2.75, 3.05) is 5.75 Å². The molecule has 0 aliphatic heterocycles. The van der Waals surface area contributed by atoms with E-state index in [1.165, 1.54) is 6.92 Å². The number of rotatable bonds is 4. The minimum atomic E-state index is -4.03. The van der Waals surface area contributed by atoms with Crippen molar-refractivity contribution in [1.82, 2.24) is 0 Å². The van der Waals surface area contributed by atoms with Crippen LogP contribution in [0.2, 0.25) is 0 Å². The van der Waals surface area contributed by atoms with Gasteiger partial charge < -0.3 is 5.11 Å². The molecule has 1 aromatic carbocycles. The van der Waals surface area contributed by atoms with Crippen molar-refractivity contribution >= 4 is 9.84 Å². The van der Waals surface area contributed by atoms with Crippen LogP contribution < -0.4 is 0 Å². The normalized spacial score (nSPS) is 13.8. The van der Waals surface area contributed by atoms with E-state index in [0.29, 0.717) is 0 Å². The molecule has 3 nitrogen and oxygen atoms in total. The summed E-state index contributed by atoms with van der Waals surface area (Å²) in [6.45, 7) is 1.41. The van der Waals surface area contributed by atoms with Crippen molar-refractivity contribution in [3.05, 3.63) is 29.8 Å². The molecule has 0 fully saturated rings. The van der Waals surface area contributed by atoms with Crippen molar-refractivity contribution < 1.29 is 22.3 Å². The van der Waals surface area contributed by atoms with E-state index in [4.69, 9.17) is 5.11 Å². The van der Waals surface area contributed by atoms with E-state index >= 15 is 0 Å². The molecule has 0 amide bonds. The van der Waals surface area contributed by atoms with Gasteiger partial charge in [0.2, 0.25) is 0 Å². The van der Waals surface area contributed by atoms with Crippen LogP contribution in [-0.2, 0) is 9.84 Å². The SMILES string of the molecule is C[C@@H](O)CCS(=O)(=O)c1c(F)cccc1F. The average Bonchev–Trinajstić information content (AvgIpc) is 2.14. The van der Waals surface area contributed by atoms with Crippen molar-refractivity contribution in [3.63, 3.8) is 0 Å². The molecular formula is C10H12F2O3S. The molecule has 1 aromatic rings. The van der Waals surface area contributed by atoms with Crippen LogP contribution in [-0.4, -0.2) is 25.4 Å². The van der Waals surface area contributed by atoms with Crippen molar-refractivity contribution in [2.45, 2.75) is 24.3 Å². The lowest BCUT2D eigenvalue weighted by Gasteiger charge is -2.07. The first-order chi connectivity index (χ1) is 7.34. The quantitative estimate of drug-likeness (QED) is 0.881. The van der Waals surface area contributed by atoms with E-state index in [2.05, 4.69) is 0 Å². The summed E-state index contributed by atoms with van der Waals surface area (Å²) >= 11 is 0. The zero-order valence-corrected chi connectivity index (χ0v) is 9.47. The lowest BCUT2D eigenvalue weighted by atomic mass is 10.3. The van der Waals surface area contributed by atoms with Gasteiger partial charge in [-0.3, -0.25) is 0 Å². The van der Waals surface area contributed by atoms with Crippen molar-refractivity contribution in [2.24, 2.45) is 0 Å². The Hall–Kier alpha value is -1.01. The van der Waals surface area contributed by atoms with Gasteiger partial charge in [0.1, 0.15) is 16.5 Å². The monoisotopic (exact) mass is 250 g/mol. The largest absolute Gasteiger partial charge is 0.393 e. The Morgan fingerprint density at radius 2 is 1.81 bits per heavy atom. The van der Waals surface area contributed by atoms with E-state index in [1.807, 2.05) is 0 Å². The topological polar surface area (TPSA) is 54.4 Å². The molecular weight excluding hydrogens is 238 g/mol. The summed E-state index contributed by atoms with van der Waals surface area (Å²) in [4.78, 5) is -0.921. The van der Waals surface area contributed by atoms with Gasteiger partial charge in [-0.1, -0.05) is 6.07 Å². The molecule has 0 saturated carbocycles. The Labute approximate surface area is 92.6 Å². The number of hydrogen-bond donors (Lipinski definition) is 1. The zero-order valence-electron chi connectivity index (χ0n) is 8.65. The summed E-state index contributed by atoms with van der Waals surface area (Å²) in [6, 6.07) is 2.87. The summed E-state index contributed by atoms with van der Waals surface area (Å²) in [6.07, 6.45) is -0.888. The second kappa shape index (κ2) is 4.88. The van der Waals surface area contributed by atoms with Crippen LogP contribution in [0, 0.1) is 11.6 Å². The minimum absolute atomic E-state index is 0.0594. The molecule has 16 heavy (non-hydrogen) atoms. The van der Waals surface area contributed by atoms with Gasteiger partial charge in [0.15, 0.2) is 9.84 Å². The van der Waals surface area contributed by atoms with Gasteiger partial charge in [0.05, 0.1) is 11.9 Å². The second-order valence-electron chi connectivity index (χ2n) is 3.51. The standard InChI is InChI=1S/C10H12F2O3S/c1-7(13)5-6-16(14,15)10-8(11)3-2-4-9(10)12/h2-4,7,13H,5-6H2,1H3/t7-/m1/s1. The van der Waals surface area contributed by atoms with E-state index in [9.17, 15) is 17.2 Å². The number of aliphatic hydroxyl groups excluding tert-OH is 1. The highest BCUT2D eigenvalue weighted by atomic mass is 32.2. The Morgan fingerprint density at radius 3 is 2.25 bits per heavy atom. The van der Waals surface area contributed by atoms with Gasteiger partial charge in [-0.15, -0.1) is 0 Å². The molecule has 0 bridgehead atoms. The van der Waals surface area contributed by atoms with E-state index in [0.717, 1.165) is 18.2 Å². The van der Waals surface area contributed by atoms with Gasteiger partial charge in [-0.2, -0.15) is 0 Å². The molecule has 1 N–H and O–H groups in total. The van der Waals surface area contributed by atoms with Crippen LogP contribution in [0.5, 0.6) is 0 Å². The first-order valence-corrected chi connectivity index (χ1v) is 6.34. The molecule has 1 rings (SSSR count). The van der Waals surface area contributed by atoms with E-state index in [-0.39, 0.29) is 6.42 Å². The predicted octanol–water partition coefficient (Wildman–Crippen LogP) is 1.51. The molecule has 6 heteroatoms. The molecule has 0 spiro atoms. The fourth-order valence-corrected chi connectivity index (χ4v) is 2.79. The van der Waals surface area contributed by atoms with Crippen molar-refractivity contribution in [1.29, 1.82) is 0 Å². The molecule has 1 atom stereocenters. The lowest BCUT2D eigenvalue weighted by Crippen LogP contribution is -2.15. The summed E-state index contributed by atoms with van der Waals surface area (Å²) in [5.41, 5.74) is 0. The predicted molar refractivity (Wildman–Crippen MR) is 54.7 cm³/mol. The fraction of sp³-hybridized carbons (Fsp3) is 0.400. The number of halogens is 2. The second-order valence-corrected chi connectivity index (χ2v) is 5.55. The Morgan fingerprint density at radius 1 is 1.31 bits per heavy atom. The average molecular weight is 250 g/mol. The summed E-state index contributed by atoms with van der Waals surface area (Å²) in [5, 5.41) is 8.95. The highest BCUT2D eigenvalue weighted by Gasteiger charge is 2.23. The highest BCUT2D eigenvalue weighted by Crippen LogP contribution is 2.20.